The van der Waals surface area contributed by atoms with Gasteiger partial charge in [0.2, 0.25) is 0 Å². The van der Waals surface area contributed by atoms with E-state index in [1.165, 1.54) is 19.3 Å². The first-order valence-corrected chi connectivity index (χ1v) is 6.76. The van der Waals surface area contributed by atoms with Crippen molar-refractivity contribution in [3.05, 3.63) is 12.2 Å². The van der Waals surface area contributed by atoms with E-state index in [1.54, 1.807) is 6.92 Å². The molecule has 0 radical (unpaired) electrons. The van der Waals surface area contributed by atoms with Crippen molar-refractivity contribution in [1.82, 2.24) is 0 Å². The molecule has 0 aliphatic carbocycles. The maximum absolute atomic E-state index is 10.7. The van der Waals surface area contributed by atoms with Gasteiger partial charge in [-0.05, 0) is 31.1 Å². The quantitative estimate of drug-likeness (QED) is 0.602. The molecule has 2 nitrogen and oxygen atoms in total. The summed E-state index contributed by atoms with van der Waals surface area (Å²) in [7, 11) is 0. The molecule has 0 amide bonds. The molecule has 3 atom stereocenters. The van der Waals surface area contributed by atoms with Gasteiger partial charge in [0.25, 0.3) is 0 Å². The fourth-order valence-electron chi connectivity index (χ4n) is 2.48. The molecule has 17 heavy (non-hydrogen) atoms. The summed E-state index contributed by atoms with van der Waals surface area (Å²) < 4.78 is 0. The molecule has 2 heteroatoms. The van der Waals surface area contributed by atoms with Crippen LogP contribution >= 0.6 is 0 Å². The zero-order chi connectivity index (χ0) is 13.4. The molecule has 0 aliphatic rings. The van der Waals surface area contributed by atoms with E-state index >= 15 is 0 Å². The molecule has 0 saturated carbocycles. The summed E-state index contributed by atoms with van der Waals surface area (Å²) in [4.78, 5) is 10.7. The summed E-state index contributed by atoms with van der Waals surface area (Å²) in [6.45, 7) is 12.5. The van der Waals surface area contributed by atoms with Gasteiger partial charge >= 0.3 is 5.97 Å². The fraction of sp³-hybridized carbons (Fsp3) is 0.800. The Labute approximate surface area is 106 Å². The maximum Gasteiger partial charge on any atom is 0.306 e. The van der Waals surface area contributed by atoms with E-state index in [0.29, 0.717) is 12.3 Å². The molecule has 0 bridgehead atoms. The monoisotopic (exact) mass is 240 g/mol. The van der Waals surface area contributed by atoms with Gasteiger partial charge in [0.15, 0.2) is 0 Å². The third-order valence-electron chi connectivity index (χ3n) is 3.24. The number of carboxylic acids is 1. The van der Waals surface area contributed by atoms with Crippen molar-refractivity contribution in [1.29, 1.82) is 0 Å². The molecule has 0 heterocycles. The first kappa shape index (κ1) is 16.2. The van der Waals surface area contributed by atoms with Crippen LogP contribution in [-0.4, -0.2) is 11.1 Å². The molecule has 0 rings (SSSR count). The summed E-state index contributed by atoms with van der Waals surface area (Å²) in [5.74, 6) is 0.352. The second-order valence-electron chi connectivity index (χ2n) is 5.63. The lowest BCUT2D eigenvalue weighted by molar-refractivity contribution is -0.141. The van der Waals surface area contributed by atoms with E-state index in [2.05, 4.69) is 27.4 Å². The Morgan fingerprint density at radius 2 is 1.76 bits per heavy atom. The smallest absolute Gasteiger partial charge is 0.306 e. The molecule has 0 fully saturated rings. The van der Waals surface area contributed by atoms with Crippen molar-refractivity contribution >= 4 is 5.97 Å². The first-order chi connectivity index (χ1) is 7.86. The van der Waals surface area contributed by atoms with Gasteiger partial charge in [0, 0.05) is 0 Å². The Morgan fingerprint density at radius 1 is 1.18 bits per heavy atom. The lowest BCUT2D eigenvalue weighted by Gasteiger charge is -2.18. The molecular weight excluding hydrogens is 212 g/mol. The molecule has 100 valence electrons. The van der Waals surface area contributed by atoms with Crippen LogP contribution in [0.2, 0.25) is 0 Å². The number of carboxylic acid groups (broad SMARTS) is 1. The molecule has 3 unspecified atom stereocenters. The van der Waals surface area contributed by atoms with Gasteiger partial charge in [-0.15, -0.1) is 0 Å². The van der Waals surface area contributed by atoms with Gasteiger partial charge < -0.3 is 5.11 Å². The third-order valence-corrected chi connectivity index (χ3v) is 3.24. The zero-order valence-corrected chi connectivity index (χ0v) is 11.8. The first-order valence-electron chi connectivity index (χ1n) is 6.76. The summed E-state index contributed by atoms with van der Waals surface area (Å²) in [5.41, 5.74) is 1.08. The molecule has 0 aromatic rings. The topological polar surface area (TPSA) is 37.3 Å². The van der Waals surface area contributed by atoms with Gasteiger partial charge in [0.1, 0.15) is 0 Å². The van der Waals surface area contributed by atoms with Crippen LogP contribution in [0, 0.1) is 17.8 Å². The second-order valence-corrected chi connectivity index (χ2v) is 5.63. The number of hydrogen-bond acceptors (Lipinski definition) is 1. The van der Waals surface area contributed by atoms with Crippen LogP contribution in [0.5, 0.6) is 0 Å². The predicted octanol–water partition coefficient (Wildman–Crippen LogP) is 4.51. The van der Waals surface area contributed by atoms with Crippen LogP contribution in [0.25, 0.3) is 0 Å². The van der Waals surface area contributed by atoms with Crippen molar-refractivity contribution in [3.63, 3.8) is 0 Å². The highest BCUT2D eigenvalue weighted by Gasteiger charge is 2.15. The van der Waals surface area contributed by atoms with E-state index in [9.17, 15) is 4.79 Å². The predicted molar refractivity (Wildman–Crippen MR) is 73.0 cm³/mol. The Hall–Kier alpha value is -0.790. The van der Waals surface area contributed by atoms with E-state index in [0.717, 1.165) is 17.9 Å². The Morgan fingerprint density at radius 3 is 2.24 bits per heavy atom. The van der Waals surface area contributed by atoms with E-state index in [4.69, 9.17) is 5.11 Å². The van der Waals surface area contributed by atoms with Gasteiger partial charge in [-0.2, -0.15) is 0 Å². The molecule has 0 aromatic carbocycles. The normalized spacial score (nSPS) is 16.2. The van der Waals surface area contributed by atoms with Crippen LogP contribution in [-0.2, 0) is 4.79 Å². The number of aliphatic carboxylic acids is 1. The molecule has 1 N–H and O–H groups in total. The van der Waals surface area contributed by atoms with Crippen molar-refractivity contribution in [2.75, 3.05) is 0 Å². The van der Waals surface area contributed by atoms with Gasteiger partial charge in [0.05, 0.1) is 5.92 Å². The van der Waals surface area contributed by atoms with Crippen molar-refractivity contribution < 1.29 is 9.90 Å². The van der Waals surface area contributed by atoms with E-state index in [1.807, 2.05) is 0 Å². The summed E-state index contributed by atoms with van der Waals surface area (Å²) in [6, 6.07) is 0. The van der Waals surface area contributed by atoms with Crippen LogP contribution in [0.3, 0.4) is 0 Å². The summed E-state index contributed by atoms with van der Waals surface area (Å²) in [6.07, 6.45) is 5.31. The van der Waals surface area contributed by atoms with Gasteiger partial charge in [-0.3, -0.25) is 4.79 Å². The van der Waals surface area contributed by atoms with E-state index in [-0.39, 0.29) is 5.92 Å². The van der Waals surface area contributed by atoms with E-state index < -0.39 is 5.97 Å². The number of carbonyl (C=O) groups is 1. The SMILES string of the molecule is C=C(CC(C)CC(C)CCC)CC(C)C(=O)O. The molecule has 0 spiro atoms. The minimum atomic E-state index is -0.724. The Bertz CT molecular complexity index is 245. The van der Waals surface area contributed by atoms with Gasteiger partial charge in [-0.1, -0.05) is 52.7 Å². The second kappa shape index (κ2) is 8.32. The number of hydrogen-bond donors (Lipinski definition) is 1. The summed E-state index contributed by atoms with van der Waals surface area (Å²) >= 11 is 0. The van der Waals surface area contributed by atoms with Crippen LogP contribution in [0.1, 0.15) is 59.8 Å². The number of allylic oxidation sites excluding steroid dienone is 1. The Balaban J connectivity index is 3.91. The largest absolute Gasteiger partial charge is 0.481 e. The lowest BCUT2D eigenvalue weighted by Crippen LogP contribution is -2.11. The van der Waals surface area contributed by atoms with Crippen LogP contribution in [0.15, 0.2) is 12.2 Å². The van der Waals surface area contributed by atoms with Crippen LogP contribution in [0.4, 0.5) is 0 Å². The minimum absolute atomic E-state index is 0.303. The fourth-order valence-corrected chi connectivity index (χ4v) is 2.48. The van der Waals surface area contributed by atoms with Crippen molar-refractivity contribution in [2.24, 2.45) is 17.8 Å². The Kier molecular flexibility index (Phi) is 7.94. The summed E-state index contributed by atoms with van der Waals surface area (Å²) in [5, 5.41) is 8.84. The highest BCUT2D eigenvalue weighted by molar-refractivity contribution is 5.69. The molecular formula is C15H28O2. The van der Waals surface area contributed by atoms with Crippen molar-refractivity contribution in [2.45, 2.75) is 59.8 Å². The highest BCUT2D eigenvalue weighted by Crippen LogP contribution is 2.24. The van der Waals surface area contributed by atoms with Gasteiger partial charge in [-0.25, -0.2) is 0 Å². The van der Waals surface area contributed by atoms with Crippen molar-refractivity contribution in [3.8, 4) is 0 Å². The molecule has 0 saturated heterocycles. The zero-order valence-electron chi connectivity index (χ0n) is 11.8. The highest BCUT2D eigenvalue weighted by atomic mass is 16.4. The standard InChI is InChI=1S/C15H28O2/c1-6-7-11(2)8-12(3)9-13(4)10-14(5)15(16)17/h11-12,14H,4,6-10H2,1-3,5H3,(H,16,17). The van der Waals surface area contributed by atoms with Crippen LogP contribution < -0.4 is 0 Å². The lowest BCUT2D eigenvalue weighted by atomic mass is 9.87. The minimum Gasteiger partial charge on any atom is -0.481 e. The average molecular weight is 240 g/mol. The average Bonchev–Trinajstić information content (AvgIpc) is 2.16. The molecule has 0 aliphatic heterocycles. The molecule has 0 aromatic heterocycles. The third kappa shape index (κ3) is 8.00. The number of rotatable bonds is 9. The maximum atomic E-state index is 10.7.